The molecule has 0 aliphatic heterocycles. The zero-order valence-corrected chi connectivity index (χ0v) is 35.7. The Labute approximate surface area is 368 Å². The molecule has 2 heterocycles. The number of aromatic nitrogens is 6. The van der Waals surface area contributed by atoms with Crippen molar-refractivity contribution in [2.24, 2.45) is 0 Å². The van der Waals surface area contributed by atoms with Crippen LogP contribution in [0.25, 0.3) is 12.2 Å². The number of nitrogens with zero attached hydrogens (tertiary/aromatic N) is 8. The molecule has 10 N–H and O–H groups in total. The maximum atomic E-state index is 12.7. The van der Waals surface area contributed by atoms with E-state index in [2.05, 4.69) is 51.2 Å². The highest BCUT2D eigenvalue weighted by Gasteiger charge is 2.21. The fourth-order valence-electron chi connectivity index (χ4n) is 6.23. The molecule has 0 fully saturated rings. The topological polar surface area (TPSA) is 322 Å². The molecular formula is C40H46N12O10S2. The zero-order valence-electron chi connectivity index (χ0n) is 34.0. The number of hydrogen-bond donors (Lipinski definition) is 10. The van der Waals surface area contributed by atoms with E-state index in [1.165, 1.54) is 46.2 Å². The minimum Gasteiger partial charge on any atom is -0.395 e. The fourth-order valence-corrected chi connectivity index (χ4v) is 7.65. The average Bonchev–Trinajstić information content (AvgIpc) is 3.26. The molecule has 0 amide bonds. The number of rotatable bonds is 22. The summed E-state index contributed by atoms with van der Waals surface area (Å²) in [6.45, 7) is -0.738. The Balaban J connectivity index is 1.30. The van der Waals surface area contributed by atoms with E-state index in [-0.39, 0.29) is 111 Å². The molecule has 2 aromatic heterocycles. The normalized spacial score (nSPS) is 12.8. The molecule has 1 aliphatic carbocycles. The van der Waals surface area contributed by atoms with Crippen molar-refractivity contribution in [2.45, 2.75) is 22.6 Å². The van der Waals surface area contributed by atoms with Gasteiger partial charge in [0.25, 0.3) is 20.2 Å². The Morgan fingerprint density at radius 1 is 0.547 bits per heavy atom. The molecule has 0 bridgehead atoms. The lowest BCUT2D eigenvalue weighted by molar-refractivity contribution is 0.279. The summed E-state index contributed by atoms with van der Waals surface area (Å²) in [6.07, 6.45) is 9.68. The first-order valence-electron chi connectivity index (χ1n) is 19.6. The van der Waals surface area contributed by atoms with Gasteiger partial charge in [-0.3, -0.25) is 9.11 Å². The Bertz CT molecular complexity index is 2710. The third-order valence-corrected chi connectivity index (χ3v) is 11.0. The van der Waals surface area contributed by atoms with Crippen molar-refractivity contribution in [1.82, 2.24) is 29.9 Å². The highest BCUT2D eigenvalue weighted by molar-refractivity contribution is 7.86. The molecule has 24 heteroatoms. The van der Waals surface area contributed by atoms with Gasteiger partial charge in [-0.2, -0.15) is 46.7 Å². The maximum absolute atomic E-state index is 12.7. The molecular weight excluding hydrogens is 873 g/mol. The minimum absolute atomic E-state index is 0.0406. The van der Waals surface area contributed by atoms with Gasteiger partial charge in [-0.15, -0.1) is 0 Å². The molecule has 5 aromatic rings. The quantitative estimate of drug-likeness (QED) is 0.0352. The van der Waals surface area contributed by atoms with Gasteiger partial charge in [0, 0.05) is 48.9 Å². The second-order valence-corrected chi connectivity index (χ2v) is 16.5. The number of benzene rings is 3. The van der Waals surface area contributed by atoms with E-state index in [4.69, 9.17) is 0 Å². The van der Waals surface area contributed by atoms with E-state index in [0.717, 1.165) is 24.3 Å². The first-order chi connectivity index (χ1) is 30.8. The van der Waals surface area contributed by atoms with Crippen LogP contribution < -0.4 is 31.1 Å². The van der Waals surface area contributed by atoms with Crippen molar-refractivity contribution in [3.8, 4) is 0 Å². The van der Waals surface area contributed by atoms with Crippen LogP contribution in [0.3, 0.4) is 0 Å². The molecule has 0 radical (unpaired) electrons. The van der Waals surface area contributed by atoms with Crippen LogP contribution in [0.4, 0.5) is 52.8 Å². The Kier molecular flexibility index (Phi) is 15.8. The summed E-state index contributed by atoms with van der Waals surface area (Å²) < 4.78 is 71.5. The van der Waals surface area contributed by atoms with Gasteiger partial charge in [-0.1, -0.05) is 54.6 Å². The third-order valence-electron chi connectivity index (χ3n) is 9.15. The summed E-state index contributed by atoms with van der Waals surface area (Å²) in [6, 6.07) is 16.8. The molecule has 338 valence electrons. The van der Waals surface area contributed by atoms with Gasteiger partial charge < -0.3 is 51.5 Å². The second kappa shape index (κ2) is 21.6. The molecule has 0 saturated carbocycles. The molecule has 22 nitrogen and oxygen atoms in total. The Morgan fingerprint density at radius 2 is 0.969 bits per heavy atom. The number of hydrogen-bond acceptors (Lipinski definition) is 20. The van der Waals surface area contributed by atoms with Crippen molar-refractivity contribution in [1.29, 1.82) is 0 Å². The van der Waals surface area contributed by atoms with Gasteiger partial charge >= 0.3 is 0 Å². The Morgan fingerprint density at radius 3 is 1.36 bits per heavy atom. The highest BCUT2D eigenvalue weighted by atomic mass is 32.2. The van der Waals surface area contributed by atoms with Crippen molar-refractivity contribution in [2.75, 3.05) is 83.7 Å². The van der Waals surface area contributed by atoms with Crippen LogP contribution in [-0.4, -0.2) is 129 Å². The molecule has 0 atom stereocenters. The van der Waals surface area contributed by atoms with Crippen LogP contribution in [-0.2, 0) is 20.2 Å². The lowest BCUT2D eigenvalue weighted by atomic mass is 10.1. The summed E-state index contributed by atoms with van der Waals surface area (Å²) >= 11 is 0. The minimum atomic E-state index is -4.91. The maximum Gasteiger partial charge on any atom is 0.295 e. The van der Waals surface area contributed by atoms with E-state index in [1.807, 2.05) is 24.3 Å². The van der Waals surface area contributed by atoms with E-state index >= 15 is 0 Å². The number of allylic oxidation sites excluding steroid dienone is 4. The number of nitrogens with one attached hydrogen (secondary N) is 4. The summed E-state index contributed by atoms with van der Waals surface area (Å²) in [5, 5.41) is 50.5. The van der Waals surface area contributed by atoms with Crippen LogP contribution in [0.2, 0.25) is 0 Å². The van der Waals surface area contributed by atoms with Crippen LogP contribution in [0.5, 0.6) is 0 Å². The van der Waals surface area contributed by atoms with Crippen molar-refractivity contribution in [3.05, 3.63) is 102 Å². The number of anilines is 9. The molecule has 6 rings (SSSR count). The summed E-state index contributed by atoms with van der Waals surface area (Å²) in [5.41, 5.74) is 1.57. The van der Waals surface area contributed by atoms with Gasteiger partial charge in [-0.25, -0.2) is 0 Å². The van der Waals surface area contributed by atoms with Gasteiger partial charge in [0.2, 0.25) is 35.7 Å². The lowest BCUT2D eigenvalue weighted by Crippen LogP contribution is -2.31. The first-order valence-corrected chi connectivity index (χ1v) is 22.5. The molecule has 0 saturated heterocycles. The summed E-state index contributed by atoms with van der Waals surface area (Å²) in [7, 11) is -9.81. The molecule has 64 heavy (non-hydrogen) atoms. The van der Waals surface area contributed by atoms with Crippen molar-refractivity contribution >= 4 is 85.1 Å². The van der Waals surface area contributed by atoms with E-state index in [1.54, 1.807) is 24.3 Å². The smallest absolute Gasteiger partial charge is 0.295 e. The van der Waals surface area contributed by atoms with Gasteiger partial charge in [-0.05, 0) is 66.4 Å². The van der Waals surface area contributed by atoms with Crippen LogP contribution >= 0.6 is 0 Å². The predicted molar refractivity (Wildman–Crippen MR) is 240 cm³/mol. The first kappa shape index (κ1) is 46.9. The number of para-hydroxylation sites is 1. The van der Waals surface area contributed by atoms with Gasteiger partial charge in [0.15, 0.2) is 0 Å². The standard InChI is InChI=1S/C40H46N12O10S2/c53-21-17-51(18-22-54)39-47-35(41-29-7-3-1-4-8-29)45-37(49-39)43-31-15-13-27(33(25-31)63(57,58)59)11-12-28-14-16-32(26-34(28)64(60,61)62)44-38-46-36(42-30-9-5-2-6-10-30)48-40(50-38)52(19-23-55)20-24-56/h1-5,7-9,11-16,25-26,53-56H,6,10,17-24H2,(H,57,58,59)(H,60,61,62)(H2,41,43,45,47,49)(H2,42,44,46,48,50). The fraction of sp³-hybridized carbons (Fsp3) is 0.250. The summed E-state index contributed by atoms with van der Waals surface area (Å²) in [5.74, 6) is 0.293. The van der Waals surface area contributed by atoms with E-state index in [0.29, 0.717) is 12.1 Å². The average molecular weight is 919 g/mol. The third kappa shape index (κ3) is 13.0. The number of aliphatic hydroxyl groups excluding tert-OH is 4. The summed E-state index contributed by atoms with van der Waals surface area (Å²) in [4.78, 5) is 28.4. The molecule has 0 spiro atoms. The molecule has 0 unspecified atom stereocenters. The number of aliphatic hydroxyl groups is 4. The van der Waals surface area contributed by atoms with E-state index < -0.39 is 30.0 Å². The SMILES string of the molecule is O=S(=O)(O)c1cc(Nc2nc(NC3=CC=CCC3)nc(N(CCO)CCO)n2)ccc1C=Cc1ccc(Nc2nc(Nc3ccccc3)nc(N(CCO)CCO)n2)cc1S(=O)(=O)O. The van der Waals surface area contributed by atoms with Crippen molar-refractivity contribution < 1.29 is 46.4 Å². The van der Waals surface area contributed by atoms with Crippen LogP contribution in [0.15, 0.2) is 100 Å². The van der Waals surface area contributed by atoms with Gasteiger partial charge in [0.1, 0.15) is 9.79 Å². The lowest BCUT2D eigenvalue weighted by Gasteiger charge is -2.22. The molecule has 3 aromatic carbocycles. The highest BCUT2D eigenvalue weighted by Crippen LogP contribution is 2.29. The van der Waals surface area contributed by atoms with E-state index in [9.17, 15) is 46.4 Å². The second-order valence-electron chi connectivity index (χ2n) is 13.7. The van der Waals surface area contributed by atoms with Gasteiger partial charge in [0.05, 0.1) is 26.4 Å². The Hall–Kier alpha value is -6.64. The largest absolute Gasteiger partial charge is 0.395 e. The zero-order chi connectivity index (χ0) is 45.7. The van der Waals surface area contributed by atoms with Crippen LogP contribution in [0.1, 0.15) is 24.0 Å². The van der Waals surface area contributed by atoms with Crippen molar-refractivity contribution in [3.63, 3.8) is 0 Å². The molecule has 1 aliphatic rings. The predicted octanol–water partition coefficient (Wildman–Crippen LogP) is 3.18. The monoisotopic (exact) mass is 918 g/mol. The van der Waals surface area contributed by atoms with Crippen LogP contribution in [0, 0.1) is 0 Å².